The summed E-state index contributed by atoms with van der Waals surface area (Å²) in [6.45, 7) is 6.28. The number of fused-ring (bicyclic) bond motifs is 1. The van der Waals surface area contributed by atoms with E-state index in [1.165, 1.54) is 12.3 Å². The average molecular weight is 417 g/mol. The van der Waals surface area contributed by atoms with Crippen LogP contribution in [0.15, 0.2) is 18.3 Å². The number of halogens is 1. The van der Waals surface area contributed by atoms with E-state index >= 15 is 0 Å². The quantitative estimate of drug-likeness (QED) is 0.464. The molecule has 30 heavy (non-hydrogen) atoms. The number of ether oxygens (including phenoxy) is 1. The number of rotatable bonds is 9. The molecule has 3 N–H and O–H groups in total. The van der Waals surface area contributed by atoms with E-state index < -0.39 is 5.82 Å². The highest BCUT2D eigenvalue weighted by Crippen LogP contribution is 2.29. The van der Waals surface area contributed by atoms with Gasteiger partial charge in [-0.15, -0.1) is 0 Å². The zero-order valence-corrected chi connectivity index (χ0v) is 17.8. The van der Waals surface area contributed by atoms with E-state index in [0.29, 0.717) is 47.9 Å². The van der Waals surface area contributed by atoms with E-state index in [0.717, 1.165) is 13.0 Å². The summed E-state index contributed by atoms with van der Waals surface area (Å²) in [5.41, 5.74) is 2.09. The SMILES string of the molecule is CCN(CC)C(=O)Nc1cn[nH]c1-c1nc2cc(OCCCN(C)C)c(F)cc2[nH]1. The molecule has 3 rings (SSSR count). The molecule has 0 radical (unpaired) electrons. The maximum Gasteiger partial charge on any atom is 0.321 e. The second-order valence-electron chi connectivity index (χ2n) is 7.15. The smallest absolute Gasteiger partial charge is 0.321 e. The topological polar surface area (TPSA) is 102 Å². The number of urea groups is 1. The van der Waals surface area contributed by atoms with Gasteiger partial charge in [0.05, 0.1) is 29.5 Å². The number of nitrogens with zero attached hydrogens (tertiary/aromatic N) is 4. The standard InChI is InChI=1S/C20H28FN7O2/c1-5-28(6-2)20(29)25-16-12-22-26-18(16)19-23-14-10-13(21)17(11-15(14)24-19)30-9-7-8-27(3)4/h10-12H,5-9H2,1-4H3,(H,22,26)(H,23,24)(H,25,29). The monoisotopic (exact) mass is 417 g/mol. The van der Waals surface area contributed by atoms with Crippen LogP contribution in [-0.2, 0) is 0 Å². The number of carbonyl (C=O) groups is 1. The number of hydrogen-bond acceptors (Lipinski definition) is 5. The van der Waals surface area contributed by atoms with Crippen LogP contribution in [0.2, 0.25) is 0 Å². The molecule has 0 fully saturated rings. The van der Waals surface area contributed by atoms with Crippen LogP contribution in [-0.4, -0.2) is 76.3 Å². The first-order valence-corrected chi connectivity index (χ1v) is 9.99. The Morgan fingerprint density at radius 2 is 2.03 bits per heavy atom. The van der Waals surface area contributed by atoms with Crippen molar-refractivity contribution in [1.29, 1.82) is 0 Å². The van der Waals surface area contributed by atoms with Gasteiger partial charge in [-0.2, -0.15) is 5.10 Å². The molecule has 10 heteroatoms. The summed E-state index contributed by atoms with van der Waals surface area (Å²) >= 11 is 0. The van der Waals surface area contributed by atoms with E-state index in [4.69, 9.17) is 4.74 Å². The summed E-state index contributed by atoms with van der Waals surface area (Å²) in [5.74, 6) is 0.155. The highest BCUT2D eigenvalue weighted by molar-refractivity contribution is 5.93. The van der Waals surface area contributed by atoms with Gasteiger partial charge in [-0.3, -0.25) is 5.10 Å². The van der Waals surface area contributed by atoms with Gasteiger partial charge in [-0.05, 0) is 34.4 Å². The Balaban J connectivity index is 1.80. The first-order chi connectivity index (χ1) is 14.4. The second-order valence-corrected chi connectivity index (χ2v) is 7.15. The van der Waals surface area contributed by atoms with E-state index in [1.54, 1.807) is 11.0 Å². The van der Waals surface area contributed by atoms with Crippen LogP contribution in [0.5, 0.6) is 5.75 Å². The van der Waals surface area contributed by atoms with Crippen LogP contribution in [0, 0.1) is 5.82 Å². The molecule has 2 amide bonds. The normalized spacial score (nSPS) is 11.3. The summed E-state index contributed by atoms with van der Waals surface area (Å²) < 4.78 is 20.0. The van der Waals surface area contributed by atoms with E-state index in [2.05, 4.69) is 25.5 Å². The van der Waals surface area contributed by atoms with Gasteiger partial charge in [0.2, 0.25) is 0 Å². The number of carbonyl (C=O) groups excluding carboxylic acids is 1. The lowest BCUT2D eigenvalue weighted by Gasteiger charge is -2.18. The number of aromatic nitrogens is 4. The zero-order valence-electron chi connectivity index (χ0n) is 17.8. The molecule has 3 aromatic rings. The third-order valence-corrected chi connectivity index (χ3v) is 4.71. The number of benzene rings is 1. The summed E-state index contributed by atoms with van der Waals surface area (Å²) in [4.78, 5) is 23.7. The minimum absolute atomic E-state index is 0.166. The average Bonchev–Trinajstić information content (AvgIpc) is 3.32. The fraction of sp³-hybridized carbons (Fsp3) is 0.450. The fourth-order valence-electron chi connectivity index (χ4n) is 3.07. The van der Waals surface area contributed by atoms with Crippen molar-refractivity contribution in [3.05, 3.63) is 24.1 Å². The Labute approximate surface area is 174 Å². The molecule has 1 aromatic carbocycles. The van der Waals surface area contributed by atoms with Crippen LogP contribution in [0.1, 0.15) is 20.3 Å². The molecule has 0 aliphatic carbocycles. The maximum absolute atomic E-state index is 14.4. The number of H-pyrrole nitrogens is 2. The van der Waals surface area contributed by atoms with Gasteiger partial charge in [0.1, 0.15) is 5.69 Å². The highest BCUT2D eigenvalue weighted by atomic mass is 19.1. The van der Waals surface area contributed by atoms with Crippen molar-refractivity contribution < 1.29 is 13.9 Å². The minimum atomic E-state index is -0.456. The molecular weight excluding hydrogens is 389 g/mol. The number of amides is 2. The van der Waals surface area contributed by atoms with Crippen LogP contribution in [0.25, 0.3) is 22.6 Å². The van der Waals surface area contributed by atoms with Crippen molar-refractivity contribution in [1.82, 2.24) is 30.0 Å². The Kier molecular flexibility index (Phi) is 6.88. The van der Waals surface area contributed by atoms with Crippen molar-refractivity contribution in [2.75, 3.05) is 45.7 Å². The lowest BCUT2D eigenvalue weighted by molar-refractivity contribution is 0.217. The van der Waals surface area contributed by atoms with Gasteiger partial charge in [-0.25, -0.2) is 14.2 Å². The Morgan fingerprint density at radius 3 is 2.73 bits per heavy atom. The number of anilines is 1. The molecule has 0 unspecified atom stereocenters. The molecule has 0 spiro atoms. The molecule has 9 nitrogen and oxygen atoms in total. The third-order valence-electron chi connectivity index (χ3n) is 4.71. The van der Waals surface area contributed by atoms with Crippen LogP contribution >= 0.6 is 0 Å². The van der Waals surface area contributed by atoms with Crippen molar-refractivity contribution in [3.63, 3.8) is 0 Å². The van der Waals surface area contributed by atoms with Gasteiger partial charge in [0.15, 0.2) is 17.4 Å². The fourth-order valence-corrected chi connectivity index (χ4v) is 3.07. The van der Waals surface area contributed by atoms with Crippen molar-refractivity contribution in [2.24, 2.45) is 0 Å². The predicted octanol–water partition coefficient (Wildman–Crippen LogP) is 3.30. The Bertz CT molecular complexity index is 994. The molecule has 162 valence electrons. The molecular formula is C20H28FN7O2. The highest BCUT2D eigenvalue weighted by Gasteiger charge is 2.18. The Hall–Kier alpha value is -3.14. The number of hydrogen-bond donors (Lipinski definition) is 3. The van der Waals surface area contributed by atoms with Crippen LogP contribution in [0.4, 0.5) is 14.9 Å². The van der Waals surface area contributed by atoms with Crippen molar-refractivity contribution >= 4 is 22.8 Å². The summed E-state index contributed by atoms with van der Waals surface area (Å²) in [6, 6.07) is 2.71. The summed E-state index contributed by atoms with van der Waals surface area (Å²) in [6.07, 6.45) is 2.31. The van der Waals surface area contributed by atoms with Gasteiger partial charge < -0.3 is 24.8 Å². The van der Waals surface area contributed by atoms with Crippen molar-refractivity contribution in [3.8, 4) is 17.3 Å². The lowest BCUT2D eigenvalue weighted by Crippen LogP contribution is -2.34. The van der Waals surface area contributed by atoms with Gasteiger partial charge in [0, 0.05) is 31.8 Å². The molecule has 0 atom stereocenters. The van der Waals surface area contributed by atoms with Crippen LogP contribution in [0.3, 0.4) is 0 Å². The largest absolute Gasteiger partial charge is 0.490 e. The number of nitrogens with one attached hydrogen (secondary N) is 3. The van der Waals surface area contributed by atoms with Gasteiger partial charge in [-0.1, -0.05) is 0 Å². The number of imidazole rings is 1. The molecule has 0 bridgehead atoms. The molecule has 0 aliphatic heterocycles. The minimum Gasteiger partial charge on any atom is -0.490 e. The molecule has 0 saturated carbocycles. The van der Waals surface area contributed by atoms with Crippen LogP contribution < -0.4 is 10.1 Å². The second kappa shape index (κ2) is 9.57. The first kappa shape index (κ1) is 21.6. The van der Waals surface area contributed by atoms with E-state index in [1.807, 2.05) is 32.8 Å². The van der Waals surface area contributed by atoms with Crippen molar-refractivity contribution in [2.45, 2.75) is 20.3 Å². The molecule has 0 aliphatic rings. The van der Waals surface area contributed by atoms with Gasteiger partial charge in [0.25, 0.3) is 0 Å². The Morgan fingerprint density at radius 1 is 1.27 bits per heavy atom. The molecule has 2 aromatic heterocycles. The molecule has 0 saturated heterocycles. The predicted molar refractivity (Wildman–Crippen MR) is 114 cm³/mol. The summed E-state index contributed by atoms with van der Waals surface area (Å²) in [5, 5.41) is 9.68. The lowest BCUT2D eigenvalue weighted by atomic mass is 10.3. The van der Waals surface area contributed by atoms with Gasteiger partial charge >= 0.3 is 6.03 Å². The third kappa shape index (κ3) is 4.88. The zero-order chi connectivity index (χ0) is 21.7. The van der Waals surface area contributed by atoms with E-state index in [9.17, 15) is 9.18 Å². The first-order valence-electron chi connectivity index (χ1n) is 9.99. The summed E-state index contributed by atoms with van der Waals surface area (Å²) in [7, 11) is 3.96. The number of aromatic amines is 2. The van der Waals surface area contributed by atoms with E-state index in [-0.39, 0.29) is 11.8 Å². The maximum atomic E-state index is 14.4. The molecule has 2 heterocycles.